The topological polar surface area (TPSA) is 97.5 Å². The molecule has 1 amide bonds. The highest BCUT2D eigenvalue weighted by Gasteiger charge is 2.20. The molecule has 0 spiro atoms. The number of hydrogen-bond acceptors (Lipinski definition) is 5. The van der Waals surface area contributed by atoms with Crippen LogP contribution in [0.2, 0.25) is 0 Å². The molecule has 0 saturated carbocycles. The Hall–Kier alpha value is -2.90. The van der Waals surface area contributed by atoms with Crippen LogP contribution in [0, 0.1) is 6.92 Å². The normalized spacial score (nSPS) is 10.8. The van der Waals surface area contributed by atoms with E-state index in [1.807, 2.05) is 38.1 Å². The van der Waals surface area contributed by atoms with Crippen molar-refractivity contribution in [3.8, 4) is 11.4 Å². The Labute approximate surface area is 152 Å². The van der Waals surface area contributed by atoms with Crippen molar-refractivity contribution in [2.45, 2.75) is 39.7 Å². The molecule has 140 valence electrons. The van der Waals surface area contributed by atoms with E-state index >= 15 is 0 Å². The van der Waals surface area contributed by atoms with Gasteiger partial charge in [0, 0.05) is 20.0 Å². The number of carbonyl (C=O) groups excluding carboxylic acids is 1. The summed E-state index contributed by atoms with van der Waals surface area (Å²) in [5, 5.41) is 16.8. The fraction of sp³-hybridized carbons (Fsp3) is 0.444. The fourth-order valence-corrected chi connectivity index (χ4v) is 2.46. The minimum Gasteiger partial charge on any atom is -0.491 e. The highest BCUT2D eigenvalue weighted by molar-refractivity contribution is 5.93. The molecule has 8 heteroatoms. The second-order valence-electron chi connectivity index (χ2n) is 6.32. The molecule has 2 aromatic rings. The zero-order valence-corrected chi connectivity index (χ0v) is 15.5. The van der Waals surface area contributed by atoms with Crippen molar-refractivity contribution in [3.05, 3.63) is 35.7 Å². The molecule has 0 aliphatic heterocycles. The number of nitrogens with zero attached hydrogens (tertiary/aromatic N) is 4. The van der Waals surface area contributed by atoms with Crippen molar-refractivity contribution in [2.24, 2.45) is 0 Å². The summed E-state index contributed by atoms with van der Waals surface area (Å²) < 4.78 is 7.21. The van der Waals surface area contributed by atoms with E-state index in [0.717, 1.165) is 11.4 Å². The van der Waals surface area contributed by atoms with Crippen molar-refractivity contribution in [1.29, 1.82) is 0 Å². The van der Waals surface area contributed by atoms with Gasteiger partial charge in [-0.3, -0.25) is 9.59 Å². The van der Waals surface area contributed by atoms with E-state index in [-0.39, 0.29) is 24.1 Å². The van der Waals surface area contributed by atoms with Gasteiger partial charge in [0.25, 0.3) is 5.91 Å². The zero-order valence-electron chi connectivity index (χ0n) is 15.5. The Balaban J connectivity index is 2.11. The van der Waals surface area contributed by atoms with Crippen molar-refractivity contribution in [1.82, 2.24) is 19.9 Å². The van der Waals surface area contributed by atoms with E-state index in [1.165, 1.54) is 4.90 Å². The summed E-state index contributed by atoms with van der Waals surface area (Å²) in [5.41, 5.74) is 1.65. The molecule has 0 bridgehead atoms. The fourth-order valence-electron chi connectivity index (χ4n) is 2.46. The van der Waals surface area contributed by atoms with Gasteiger partial charge in [-0.05, 0) is 51.5 Å². The van der Waals surface area contributed by atoms with Crippen LogP contribution in [0.15, 0.2) is 24.3 Å². The molecule has 0 radical (unpaired) electrons. The quantitative estimate of drug-likeness (QED) is 0.776. The number of benzene rings is 1. The number of carbonyl (C=O) groups is 2. The number of carboxylic acids is 1. The van der Waals surface area contributed by atoms with Gasteiger partial charge in [-0.25, -0.2) is 4.68 Å². The number of carboxylic acid groups (broad SMARTS) is 1. The minimum absolute atomic E-state index is 0.0219. The van der Waals surface area contributed by atoms with Gasteiger partial charge in [0.1, 0.15) is 5.75 Å². The second kappa shape index (κ2) is 8.46. The predicted octanol–water partition coefficient (Wildman–Crippen LogP) is 2.30. The molecule has 1 heterocycles. The number of ether oxygens (including phenoxy) is 1. The van der Waals surface area contributed by atoms with Crippen LogP contribution in [0.5, 0.6) is 5.75 Å². The van der Waals surface area contributed by atoms with Gasteiger partial charge in [0.2, 0.25) is 0 Å². The second-order valence-corrected chi connectivity index (χ2v) is 6.32. The first kappa shape index (κ1) is 19.4. The van der Waals surface area contributed by atoms with Crippen LogP contribution in [0.3, 0.4) is 0 Å². The average molecular weight is 360 g/mol. The lowest BCUT2D eigenvalue weighted by Crippen LogP contribution is -2.29. The molecule has 0 unspecified atom stereocenters. The molecule has 8 nitrogen and oxygen atoms in total. The molecule has 1 aromatic carbocycles. The van der Waals surface area contributed by atoms with Crippen LogP contribution in [0.25, 0.3) is 5.69 Å². The van der Waals surface area contributed by atoms with Crippen molar-refractivity contribution in [2.75, 3.05) is 13.6 Å². The molecule has 0 saturated heterocycles. The molecule has 1 aromatic heterocycles. The zero-order chi connectivity index (χ0) is 19.3. The Kier molecular flexibility index (Phi) is 6.32. The summed E-state index contributed by atoms with van der Waals surface area (Å²) in [6.45, 7) is 6.04. The maximum absolute atomic E-state index is 12.5. The lowest BCUT2D eigenvalue weighted by Gasteiger charge is -2.15. The summed E-state index contributed by atoms with van der Waals surface area (Å²) in [5.74, 6) is -0.396. The molecular weight excluding hydrogens is 336 g/mol. The van der Waals surface area contributed by atoms with Crippen LogP contribution in [-0.4, -0.2) is 56.6 Å². The minimum atomic E-state index is -0.877. The maximum Gasteiger partial charge on any atom is 0.303 e. The molecular formula is C18H24N4O4. The monoisotopic (exact) mass is 360 g/mol. The molecule has 0 fully saturated rings. The number of aromatic nitrogens is 3. The largest absolute Gasteiger partial charge is 0.491 e. The van der Waals surface area contributed by atoms with Crippen LogP contribution in [0.4, 0.5) is 0 Å². The van der Waals surface area contributed by atoms with Crippen LogP contribution < -0.4 is 4.74 Å². The number of hydrogen-bond donors (Lipinski definition) is 1. The highest BCUT2D eigenvalue weighted by Crippen LogP contribution is 2.18. The molecule has 2 rings (SSSR count). The third kappa shape index (κ3) is 4.81. The molecule has 1 N–H and O–H groups in total. The summed E-state index contributed by atoms with van der Waals surface area (Å²) >= 11 is 0. The first-order valence-electron chi connectivity index (χ1n) is 8.46. The van der Waals surface area contributed by atoms with Crippen molar-refractivity contribution >= 4 is 11.9 Å². The Morgan fingerprint density at radius 1 is 1.27 bits per heavy atom. The van der Waals surface area contributed by atoms with Crippen LogP contribution in [-0.2, 0) is 4.79 Å². The van der Waals surface area contributed by atoms with E-state index in [4.69, 9.17) is 9.84 Å². The van der Waals surface area contributed by atoms with Gasteiger partial charge in [-0.2, -0.15) is 0 Å². The average Bonchev–Trinajstić information content (AvgIpc) is 2.95. The summed E-state index contributed by atoms with van der Waals surface area (Å²) in [4.78, 5) is 24.5. The molecule has 0 aliphatic rings. The van der Waals surface area contributed by atoms with Crippen molar-refractivity contribution < 1.29 is 19.4 Å². The summed E-state index contributed by atoms with van der Waals surface area (Å²) in [6, 6.07) is 7.39. The molecule has 0 atom stereocenters. The Bertz CT molecular complexity index is 768. The van der Waals surface area contributed by atoms with E-state index in [1.54, 1.807) is 18.7 Å². The maximum atomic E-state index is 12.5. The highest BCUT2D eigenvalue weighted by atomic mass is 16.5. The van der Waals surface area contributed by atoms with Gasteiger partial charge >= 0.3 is 5.97 Å². The summed E-state index contributed by atoms with van der Waals surface area (Å²) in [6.07, 6.45) is 0.505. The lowest BCUT2D eigenvalue weighted by molar-refractivity contribution is -0.137. The third-order valence-corrected chi connectivity index (χ3v) is 3.78. The van der Waals surface area contributed by atoms with E-state index < -0.39 is 5.97 Å². The number of aliphatic carboxylic acids is 1. The van der Waals surface area contributed by atoms with Crippen molar-refractivity contribution in [3.63, 3.8) is 0 Å². The summed E-state index contributed by atoms with van der Waals surface area (Å²) in [7, 11) is 1.63. The molecule has 26 heavy (non-hydrogen) atoms. The van der Waals surface area contributed by atoms with Gasteiger partial charge in [0.05, 0.1) is 17.5 Å². The number of amides is 1. The van der Waals surface area contributed by atoms with Crippen LogP contribution >= 0.6 is 0 Å². The predicted molar refractivity (Wildman–Crippen MR) is 95.7 cm³/mol. The van der Waals surface area contributed by atoms with E-state index in [2.05, 4.69) is 10.3 Å². The Morgan fingerprint density at radius 2 is 1.92 bits per heavy atom. The molecule has 0 aliphatic carbocycles. The first-order chi connectivity index (χ1) is 12.3. The SMILES string of the molecule is Cc1c(C(=O)N(C)CCCC(=O)O)nnn1-c1ccc(OC(C)C)cc1. The van der Waals surface area contributed by atoms with Gasteiger partial charge in [0.15, 0.2) is 5.69 Å². The lowest BCUT2D eigenvalue weighted by atomic mass is 10.2. The third-order valence-electron chi connectivity index (χ3n) is 3.78. The van der Waals surface area contributed by atoms with Gasteiger partial charge < -0.3 is 14.7 Å². The standard InChI is InChI=1S/C18H24N4O4/c1-12(2)26-15-9-7-14(8-10-15)22-13(3)17(19-20-22)18(25)21(4)11-5-6-16(23)24/h7-10,12H,5-6,11H2,1-4H3,(H,23,24). The smallest absolute Gasteiger partial charge is 0.303 e. The van der Waals surface area contributed by atoms with E-state index in [9.17, 15) is 9.59 Å². The van der Waals surface area contributed by atoms with Gasteiger partial charge in [-0.1, -0.05) is 5.21 Å². The number of rotatable bonds is 8. The van der Waals surface area contributed by atoms with E-state index in [0.29, 0.717) is 18.7 Å². The Morgan fingerprint density at radius 3 is 2.50 bits per heavy atom. The van der Waals surface area contributed by atoms with Gasteiger partial charge in [-0.15, -0.1) is 5.10 Å². The first-order valence-corrected chi connectivity index (χ1v) is 8.46. The van der Waals surface area contributed by atoms with Crippen LogP contribution in [0.1, 0.15) is 42.9 Å².